The summed E-state index contributed by atoms with van der Waals surface area (Å²) in [5.41, 5.74) is 25.3. The van der Waals surface area contributed by atoms with Crippen LogP contribution in [0.3, 0.4) is 0 Å². The molecular weight excluding hydrogens is 1040 g/mol. The van der Waals surface area contributed by atoms with Crippen molar-refractivity contribution in [1.29, 1.82) is 0 Å². The van der Waals surface area contributed by atoms with Crippen LogP contribution in [0.25, 0.3) is 63.3 Å². The summed E-state index contributed by atoms with van der Waals surface area (Å²) in [7, 11) is 2.61. The number of nitrogens with zero attached hydrogens (tertiary/aromatic N) is 1. The number of hydrogen-bond acceptors (Lipinski definition) is 5. The van der Waals surface area contributed by atoms with Crippen molar-refractivity contribution >= 4 is 121 Å². The molecule has 0 unspecified atom stereocenters. The molecule has 0 amide bonds. The largest absolute Gasteiger partial charge is 0.455 e. The second kappa shape index (κ2) is 17.2. The van der Waals surface area contributed by atoms with Gasteiger partial charge in [0.05, 0.1) is 10.7 Å². The Labute approximate surface area is 502 Å². The second-order valence-electron chi connectivity index (χ2n) is 31.9. The van der Waals surface area contributed by atoms with E-state index in [4.69, 9.17) is 4.42 Å². The molecule has 3 aromatic heterocycles. The predicted molar refractivity (Wildman–Crippen MR) is 363 cm³/mol. The van der Waals surface area contributed by atoms with Crippen molar-refractivity contribution in [3.63, 3.8) is 0 Å². The first-order valence-corrected chi connectivity index (χ1v) is 33.0. The molecule has 15 rings (SSSR count). The smallest absolute Gasteiger partial charge is 0.200 e. The van der Waals surface area contributed by atoms with Crippen LogP contribution >= 0.6 is 22.7 Å². The lowest BCUT2D eigenvalue weighted by molar-refractivity contribution is 0.332. The first-order valence-electron chi connectivity index (χ1n) is 31.3. The van der Waals surface area contributed by atoms with Crippen LogP contribution in [-0.4, -0.2) is 7.28 Å². The summed E-state index contributed by atoms with van der Waals surface area (Å²) >= 11 is 3.97. The molecule has 4 heterocycles. The van der Waals surface area contributed by atoms with Crippen LogP contribution in [0.1, 0.15) is 212 Å². The molecule has 1 radical (unpaired) electrons. The molecular formula is C77H84BN2OS2. The zero-order valence-corrected chi connectivity index (χ0v) is 54.3. The van der Waals surface area contributed by atoms with Crippen molar-refractivity contribution in [3.05, 3.63) is 147 Å². The first-order chi connectivity index (χ1) is 38.9. The van der Waals surface area contributed by atoms with Gasteiger partial charge in [-0.15, -0.1) is 22.7 Å². The molecule has 0 bridgehead atoms. The molecule has 0 fully saturated rings. The van der Waals surface area contributed by atoms with Gasteiger partial charge in [-0.05, 0) is 229 Å². The number of anilines is 5. The minimum Gasteiger partial charge on any atom is -0.455 e. The van der Waals surface area contributed by atoms with Crippen LogP contribution in [0.4, 0.5) is 27.8 Å². The maximum Gasteiger partial charge on any atom is 0.200 e. The molecule has 1 N–H and O–H groups in total. The molecule has 0 spiro atoms. The van der Waals surface area contributed by atoms with Gasteiger partial charge in [0.1, 0.15) is 11.2 Å². The van der Waals surface area contributed by atoms with Gasteiger partial charge < -0.3 is 14.6 Å². The van der Waals surface area contributed by atoms with E-state index < -0.39 is 0 Å². The number of fused-ring (bicyclic) bond motifs is 14. The van der Waals surface area contributed by atoms with E-state index in [-0.39, 0.29) is 43.3 Å². The number of hydrogen-bond donors (Lipinski definition) is 1. The molecule has 4 aliphatic carbocycles. The van der Waals surface area contributed by atoms with Gasteiger partial charge in [-0.3, -0.25) is 0 Å². The molecule has 1 aliphatic heterocycles. The Morgan fingerprint density at radius 2 is 0.928 bits per heavy atom. The fourth-order valence-electron chi connectivity index (χ4n) is 16.4. The van der Waals surface area contributed by atoms with E-state index in [0.717, 1.165) is 51.7 Å². The number of thiophene rings is 2. The van der Waals surface area contributed by atoms with E-state index in [9.17, 15) is 0 Å². The van der Waals surface area contributed by atoms with Crippen molar-refractivity contribution in [2.75, 3.05) is 10.2 Å². The number of furan rings is 1. The van der Waals surface area contributed by atoms with Gasteiger partial charge in [-0.1, -0.05) is 147 Å². The van der Waals surface area contributed by atoms with E-state index in [1.807, 2.05) is 22.7 Å². The monoisotopic (exact) mass is 1130 g/mol. The zero-order valence-electron chi connectivity index (χ0n) is 52.6. The van der Waals surface area contributed by atoms with Crippen molar-refractivity contribution in [2.24, 2.45) is 0 Å². The van der Waals surface area contributed by atoms with Crippen LogP contribution in [0.15, 0.2) is 101 Å². The number of nitrogens with one attached hydrogen (secondary N) is 1. The predicted octanol–water partition coefficient (Wildman–Crippen LogP) is 21.7. The van der Waals surface area contributed by atoms with E-state index in [1.54, 1.807) is 0 Å². The highest BCUT2D eigenvalue weighted by Crippen LogP contribution is 2.57. The Hall–Kier alpha value is -5.82. The van der Waals surface area contributed by atoms with Crippen LogP contribution < -0.4 is 21.1 Å². The van der Waals surface area contributed by atoms with Crippen molar-refractivity contribution in [1.82, 2.24) is 0 Å². The Balaban J connectivity index is 1.08. The number of rotatable bonds is 4. The van der Waals surface area contributed by atoms with Gasteiger partial charge in [0.15, 0.2) is 7.28 Å². The highest BCUT2D eigenvalue weighted by atomic mass is 32.1. The van der Waals surface area contributed by atoms with Crippen molar-refractivity contribution < 1.29 is 4.42 Å². The summed E-state index contributed by atoms with van der Waals surface area (Å²) in [6.45, 7) is 41.9. The minimum absolute atomic E-state index is 0.0236. The highest BCUT2D eigenvalue weighted by Gasteiger charge is 2.44. The van der Waals surface area contributed by atoms with Crippen molar-refractivity contribution in [2.45, 2.75) is 212 Å². The molecule has 6 heteroatoms. The first kappa shape index (κ1) is 53.9. The van der Waals surface area contributed by atoms with Gasteiger partial charge in [-0.2, -0.15) is 0 Å². The van der Waals surface area contributed by atoms with Gasteiger partial charge >= 0.3 is 0 Å². The van der Waals surface area contributed by atoms with E-state index >= 15 is 0 Å². The third kappa shape index (κ3) is 7.84. The summed E-state index contributed by atoms with van der Waals surface area (Å²) in [4.78, 5) is 2.73. The van der Waals surface area contributed by atoms with E-state index in [0.29, 0.717) is 0 Å². The summed E-state index contributed by atoms with van der Waals surface area (Å²) in [5.74, 6) is 0. The van der Waals surface area contributed by atoms with Gasteiger partial charge in [0.25, 0.3) is 0 Å². The zero-order chi connectivity index (χ0) is 58.2. The van der Waals surface area contributed by atoms with E-state index in [2.05, 4.69) is 232 Å². The number of para-hydroxylation sites is 1. The topological polar surface area (TPSA) is 28.4 Å². The SMILES string of the molecule is Cc1cc2c(cc1N1c3cc4c(oc5ccccc54)c(-c4c(Nc5ccc6c(c5)C(C)(C)CCC6(C)C)ccc5c4sc4cc6c(cc45)C(C)(C)CCC6(C)C)c3[B]c3c1sc1cc4c(cc31)C(C)(C)CCC4(C)C)C(C)(C)CCC2(C)C. The summed E-state index contributed by atoms with van der Waals surface area (Å²) < 4.78 is 11.5. The standard InChI is InChI=1S/C77H84BN2OS2/c1-42-34-50-54(75(12,13)31-28-71(50,4)5)39-58(42)80-59-38-47-44-20-18-19-21-60(44)81-67(47)64(66(59)78-65-48-37-53-56(41-62(48)83-69(65)80)77(16,17)33-30-74(53,10)11)63-57(79-43-22-24-49-51(35-43)72(6,7)27-26-70(49,2)3)25-23-45-46-36-52-55(40-61(46)82-68(45)63)76(14,15)32-29-73(52,8)9/h18-25,34-41,79H,26-33H2,1-17H3. The summed E-state index contributed by atoms with van der Waals surface area (Å²) in [6, 6.07) is 39.1. The Bertz CT molecular complexity index is 4480. The van der Waals surface area contributed by atoms with Crippen LogP contribution in [0.2, 0.25) is 0 Å². The lowest BCUT2D eigenvalue weighted by Gasteiger charge is -2.43. The third-order valence-corrected chi connectivity index (χ3v) is 24.8. The quantitative estimate of drug-likeness (QED) is 0.178. The average molecular weight is 1130 g/mol. The van der Waals surface area contributed by atoms with E-state index in [1.165, 1.54) is 152 Å². The number of benzene rings is 7. The number of aryl methyl sites for hydroxylation is 1. The van der Waals surface area contributed by atoms with Crippen LogP contribution in [0, 0.1) is 6.92 Å². The highest BCUT2D eigenvalue weighted by molar-refractivity contribution is 7.26. The Kier molecular flexibility index (Phi) is 11.2. The fraction of sp³-hybridized carbons (Fsp3) is 0.429. The fourth-order valence-corrected chi connectivity index (χ4v) is 18.9. The molecule has 5 aliphatic rings. The lowest BCUT2D eigenvalue weighted by atomic mass is 9.57. The third-order valence-electron chi connectivity index (χ3n) is 22.5. The Morgan fingerprint density at radius 3 is 1.53 bits per heavy atom. The Morgan fingerprint density at radius 1 is 0.422 bits per heavy atom. The van der Waals surface area contributed by atoms with Gasteiger partial charge in [0, 0.05) is 63.8 Å². The van der Waals surface area contributed by atoms with Gasteiger partial charge in [0.2, 0.25) is 0 Å². The van der Waals surface area contributed by atoms with Gasteiger partial charge in [-0.25, -0.2) is 0 Å². The average Bonchev–Trinajstić information content (AvgIpc) is 3.53. The van der Waals surface area contributed by atoms with Crippen molar-refractivity contribution in [3.8, 4) is 11.1 Å². The molecule has 83 heavy (non-hydrogen) atoms. The van der Waals surface area contributed by atoms with Crippen LogP contribution in [-0.2, 0) is 43.3 Å². The molecule has 423 valence electrons. The maximum atomic E-state index is 7.50. The normalized spacial score (nSPS) is 20.8. The lowest BCUT2D eigenvalue weighted by Crippen LogP contribution is -2.41. The molecule has 0 saturated carbocycles. The molecule has 3 nitrogen and oxygen atoms in total. The molecule has 0 atom stereocenters. The van der Waals surface area contributed by atoms with Crippen LogP contribution in [0.5, 0.6) is 0 Å². The minimum atomic E-state index is 0.0236. The molecule has 0 saturated heterocycles. The molecule has 7 aromatic carbocycles. The maximum absolute atomic E-state index is 7.50. The molecule has 10 aromatic rings. The summed E-state index contributed by atoms with van der Waals surface area (Å²) in [6.07, 6.45) is 9.40. The second-order valence-corrected chi connectivity index (χ2v) is 33.9. The summed E-state index contributed by atoms with van der Waals surface area (Å²) in [5, 5.41) is 11.9.